The molecule has 0 aliphatic heterocycles. The van der Waals surface area contributed by atoms with Gasteiger partial charge in [-0.2, -0.15) is 5.10 Å². The van der Waals surface area contributed by atoms with Gasteiger partial charge in [-0.25, -0.2) is 4.68 Å². The number of aromatic nitrogens is 2. The van der Waals surface area contributed by atoms with Gasteiger partial charge >= 0.3 is 0 Å². The summed E-state index contributed by atoms with van der Waals surface area (Å²) in [5, 5.41) is 5.34. The van der Waals surface area contributed by atoms with Crippen molar-refractivity contribution in [2.75, 3.05) is 0 Å². The number of hydrogen-bond acceptors (Lipinski definition) is 1. The summed E-state index contributed by atoms with van der Waals surface area (Å²) in [6.45, 7) is 2.88. The molecule has 2 nitrogen and oxygen atoms in total. The van der Waals surface area contributed by atoms with Crippen molar-refractivity contribution in [1.29, 1.82) is 0 Å². The third-order valence-electron chi connectivity index (χ3n) is 3.33. The molecule has 3 heteroatoms. The molecule has 0 unspecified atom stereocenters. The van der Waals surface area contributed by atoms with E-state index in [-0.39, 0.29) is 0 Å². The van der Waals surface area contributed by atoms with Gasteiger partial charge < -0.3 is 0 Å². The van der Waals surface area contributed by atoms with E-state index in [1.54, 1.807) is 0 Å². The Kier molecular flexibility index (Phi) is 2.67. The van der Waals surface area contributed by atoms with Crippen LogP contribution in [0.4, 0.5) is 0 Å². The van der Waals surface area contributed by atoms with Crippen LogP contribution in [-0.2, 0) is 6.54 Å². The zero-order valence-corrected chi connectivity index (χ0v) is 10.6. The highest BCUT2D eigenvalue weighted by atomic mass is 35.5. The van der Waals surface area contributed by atoms with Gasteiger partial charge in [0.05, 0.1) is 12.2 Å². The molecule has 1 aliphatic rings. The Morgan fingerprint density at radius 3 is 2.82 bits per heavy atom. The van der Waals surface area contributed by atoms with Crippen molar-refractivity contribution in [2.24, 2.45) is 0 Å². The first kappa shape index (κ1) is 10.8. The number of benzene rings is 1. The zero-order chi connectivity index (χ0) is 11.8. The van der Waals surface area contributed by atoms with Crippen molar-refractivity contribution in [3.05, 3.63) is 52.3 Å². The van der Waals surface area contributed by atoms with Crippen LogP contribution >= 0.6 is 11.6 Å². The fourth-order valence-corrected chi connectivity index (χ4v) is 2.26. The Bertz CT molecular complexity index is 541. The van der Waals surface area contributed by atoms with E-state index in [4.69, 9.17) is 11.6 Å². The molecule has 1 aromatic heterocycles. The summed E-state index contributed by atoms with van der Waals surface area (Å²) < 4.78 is 1.90. The van der Waals surface area contributed by atoms with Gasteiger partial charge in [0.2, 0.25) is 0 Å². The van der Waals surface area contributed by atoms with Crippen LogP contribution in [0, 0.1) is 6.92 Å². The molecule has 0 amide bonds. The van der Waals surface area contributed by atoms with Crippen molar-refractivity contribution in [3.63, 3.8) is 0 Å². The molecule has 1 saturated carbocycles. The molecule has 0 N–H and O–H groups in total. The van der Waals surface area contributed by atoms with Gasteiger partial charge in [-0.1, -0.05) is 35.9 Å². The second kappa shape index (κ2) is 4.19. The predicted molar refractivity (Wildman–Crippen MR) is 69.5 cm³/mol. The molecule has 3 rings (SSSR count). The molecule has 1 aromatic carbocycles. The van der Waals surface area contributed by atoms with Crippen LogP contribution in [0.25, 0.3) is 0 Å². The molecule has 1 fully saturated rings. The van der Waals surface area contributed by atoms with E-state index in [0.29, 0.717) is 5.92 Å². The fourth-order valence-electron chi connectivity index (χ4n) is 2.05. The van der Waals surface area contributed by atoms with Crippen molar-refractivity contribution >= 4 is 11.6 Å². The molecule has 1 aliphatic carbocycles. The van der Waals surface area contributed by atoms with Gasteiger partial charge in [-0.3, -0.25) is 0 Å². The van der Waals surface area contributed by atoms with E-state index in [9.17, 15) is 0 Å². The SMILES string of the molecule is Cc1ccccc1Cn1nc(C2CC2)cc1Cl. The van der Waals surface area contributed by atoms with Gasteiger partial charge in [0.25, 0.3) is 0 Å². The predicted octanol–water partition coefficient (Wildman–Crippen LogP) is 3.77. The van der Waals surface area contributed by atoms with Crippen molar-refractivity contribution in [1.82, 2.24) is 9.78 Å². The molecule has 88 valence electrons. The maximum Gasteiger partial charge on any atom is 0.127 e. The highest BCUT2D eigenvalue weighted by Crippen LogP contribution is 2.40. The first-order chi connectivity index (χ1) is 8.24. The molecule has 0 radical (unpaired) electrons. The van der Waals surface area contributed by atoms with Crippen LogP contribution in [0.3, 0.4) is 0 Å². The van der Waals surface area contributed by atoms with Gasteiger partial charge in [0, 0.05) is 5.92 Å². The van der Waals surface area contributed by atoms with E-state index in [1.165, 1.54) is 24.0 Å². The quantitative estimate of drug-likeness (QED) is 0.806. The zero-order valence-electron chi connectivity index (χ0n) is 9.86. The molecule has 2 aromatic rings. The minimum absolute atomic E-state index is 0.658. The minimum atomic E-state index is 0.658. The summed E-state index contributed by atoms with van der Waals surface area (Å²) in [5.41, 5.74) is 3.72. The molecule has 1 heterocycles. The Morgan fingerprint density at radius 1 is 1.35 bits per heavy atom. The highest BCUT2D eigenvalue weighted by molar-refractivity contribution is 6.29. The molecule has 0 saturated heterocycles. The molecule has 0 bridgehead atoms. The van der Waals surface area contributed by atoms with Crippen molar-refractivity contribution in [3.8, 4) is 0 Å². The average Bonchev–Trinajstić information content (AvgIpc) is 3.09. The number of nitrogens with zero attached hydrogens (tertiary/aromatic N) is 2. The summed E-state index contributed by atoms with van der Waals surface area (Å²) in [6, 6.07) is 10.4. The van der Waals surface area contributed by atoms with Crippen LogP contribution in [0.1, 0.15) is 35.6 Å². The first-order valence-electron chi connectivity index (χ1n) is 6.02. The Balaban J connectivity index is 1.87. The van der Waals surface area contributed by atoms with E-state index in [2.05, 4.69) is 36.3 Å². The lowest BCUT2D eigenvalue weighted by Gasteiger charge is -2.06. The Labute approximate surface area is 106 Å². The van der Waals surface area contributed by atoms with Crippen molar-refractivity contribution in [2.45, 2.75) is 32.2 Å². The third-order valence-corrected chi connectivity index (χ3v) is 3.63. The lowest BCUT2D eigenvalue weighted by molar-refractivity contribution is 0.670. The third kappa shape index (κ3) is 2.22. The second-order valence-electron chi connectivity index (χ2n) is 4.75. The summed E-state index contributed by atoms with van der Waals surface area (Å²) in [5.74, 6) is 0.658. The minimum Gasteiger partial charge on any atom is -0.249 e. The molecule has 17 heavy (non-hydrogen) atoms. The second-order valence-corrected chi connectivity index (χ2v) is 5.14. The van der Waals surface area contributed by atoms with Crippen LogP contribution in [0.2, 0.25) is 5.15 Å². The lowest BCUT2D eigenvalue weighted by atomic mass is 10.1. The monoisotopic (exact) mass is 246 g/mol. The molecule has 0 atom stereocenters. The lowest BCUT2D eigenvalue weighted by Crippen LogP contribution is -2.03. The van der Waals surface area contributed by atoms with E-state index in [0.717, 1.165) is 17.4 Å². The highest BCUT2D eigenvalue weighted by Gasteiger charge is 2.27. The summed E-state index contributed by atoms with van der Waals surface area (Å²) in [4.78, 5) is 0. The van der Waals surface area contributed by atoms with Gasteiger partial charge in [-0.05, 0) is 37.0 Å². The smallest absolute Gasteiger partial charge is 0.127 e. The van der Waals surface area contributed by atoms with Gasteiger partial charge in [0.15, 0.2) is 0 Å². The average molecular weight is 247 g/mol. The van der Waals surface area contributed by atoms with E-state index in [1.807, 2.05) is 10.7 Å². The topological polar surface area (TPSA) is 17.8 Å². The molecular weight excluding hydrogens is 232 g/mol. The Hall–Kier alpha value is -1.28. The number of rotatable bonds is 3. The van der Waals surface area contributed by atoms with Crippen LogP contribution in [0.15, 0.2) is 30.3 Å². The first-order valence-corrected chi connectivity index (χ1v) is 6.39. The number of hydrogen-bond donors (Lipinski definition) is 0. The maximum absolute atomic E-state index is 6.22. The number of aryl methyl sites for hydroxylation is 1. The molecule has 0 spiro atoms. The molecular formula is C14H15ClN2. The number of halogens is 1. The van der Waals surface area contributed by atoms with E-state index < -0.39 is 0 Å². The maximum atomic E-state index is 6.22. The standard InChI is InChI=1S/C14H15ClN2/c1-10-4-2-3-5-12(10)9-17-14(15)8-13(16-17)11-6-7-11/h2-5,8,11H,6-7,9H2,1H3. The summed E-state index contributed by atoms with van der Waals surface area (Å²) in [6.07, 6.45) is 2.52. The Morgan fingerprint density at radius 2 is 2.12 bits per heavy atom. The van der Waals surface area contributed by atoms with Crippen LogP contribution in [-0.4, -0.2) is 9.78 Å². The largest absolute Gasteiger partial charge is 0.249 e. The van der Waals surface area contributed by atoms with E-state index >= 15 is 0 Å². The van der Waals surface area contributed by atoms with Gasteiger partial charge in [0.1, 0.15) is 5.15 Å². The van der Waals surface area contributed by atoms with Crippen molar-refractivity contribution < 1.29 is 0 Å². The van der Waals surface area contributed by atoms with Crippen LogP contribution in [0.5, 0.6) is 0 Å². The van der Waals surface area contributed by atoms with Gasteiger partial charge in [-0.15, -0.1) is 0 Å². The normalized spacial score (nSPS) is 15.2. The summed E-state index contributed by atoms with van der Waals surface area (Å²) in [7, 11) is 0. The van der Waals surface area contributed by atoms with Crippen LogP contribution < -0.4 is 0 Å². The summed E-state index contributed by atoms with van der Waals surface area (Å²) >= 11 is 6.22. The fraction of sp³-hybridized carbons (Fsp3) is 0.357.